The number of hydrogen-bond acceptors (Lipinski definition) is 3. The summed E-state index contributed by atoms with van der Waals surface area (Å²) in [4.78, 5) is 11.5. The first-order valence-electron chi connectivity index (χ1n) is 6.33. The molecule has 1 aliphatic rings. The Kier molecular flexibility index (Phi) is 2.71. The van der Waals surface area contributed by atoms with Gasteiger partial charge < -0.3 is 4.90 Å². The van der Waals surface area contributed by atoms with Crippen LogP contribution in [0.4, 0.5) is 5.82 Å². The van der Waals surface area contributed by atoms with Gasteiger partial charge in [-0.1, -0.05) is 12.1 Å². The number of fused-ring (bicyclic) bond motifs is 1. The van der Waals surface area contributed by atoms with Gasteiger partial charge in [0.15, 0.2) is 7.85 Å². The van der Waals surface area contributed by atoms with Crippen molar-refractivity contribution in [2.75, 3.05) is 18.0 Å². The van der Waals surface area contributed by atoms with Crippen LogP contribution in [0.1, 0.15) is 19.3 Å². The van der Waals surface area contributed by atoms with Crippen LogP contribution in [0.5, 0.6) is 0 Å². The van der Waals surface area contributed by atoms with Crippen LogP contribution < -0.4 is 10.6 Å². The Morgan fingerprint density at radius 2 is 1.76 bits per heavy atom. The largest absolute Gasteiger partial charge is 0.356 e. The van der Waals surface area contributed by atoms with E-state index < -0.39 is 0 Å². The van der Waals surface area contributed by atoms with Gasteiger partial charge in [0.25, 0.3) is 0 Å². The van der Waals surface area contributed by atoms with Crippen molar-refractivity contribution in [3.63, 3.8) is 0 Å². The van der Waals surface area contributed by atoms with E-state index in [4.69, 9.17) is 0 Å². The van der Waals surface area contributed by atoms with Gasteiger partial charge in [-0.2, -0.15) is 0 Å². The first-order valence-corrected chi connectivity index (χ1v) is 6.33. The summed E-state index contributed by atoms with van der Waals surface area (Å²) in [6.07, 6.45) is 3.90. The standard InChI is InChI=1S/C13H16BN3/c14-13-15-11-7-3-2-6-10(11)12(16-13)17-8-4-1-5-9-17/h2-3,6-7H,1,4-5,8-9,14H2. The molecule has 0 amide bonds. The molecule has 2 aromatic rings. The number of piperidine rings is 1. The van der Waals surface area contributed by atoms with Crippen molar-refractivity contribution in [2.24, 2.45) is 0 Å². The number of benzene rings is 1. The molecular weight excluding hydrogens is 209 g/mol. The van der Waals surface area contributed by atoms with Crippen molar-refractivity contribution in [1.82, 2.24) is 9.97 Å². The lowest BCUT2D eigenvalue weighted by Crippen LogP contribution is -2.32. The van der Waals surface area contributed by atoms with Crippen molar-refractivity contribution in [2.45, 2.75) is 19.3 Å². The summed E-state index contributed by atoms with van der Waals surface area (Å²) in [5.74, 6) is 1.12. The predicted molar refractivity (Wildman–Crippen MR) is 73.8 cm³/mol. The van der Waals surface area contributed by atoms with Gasteiger partial charge in [-0.15, -0.1) is 0 Å². The third kappa shape index (κ3) is 1.99. The van der Waals surface area contributed by atoms with Crippen molar-refractivity contribution >= 4 is 30.3 Å². The molecule has 0 radical (unpaired) electrons. The summed E-state index contributed by atoms with van der Waals surface area (Å²) in [5.41, 5.74) is 1.92. The Morgan fingerprint density at radius 1 is 1.00 bits per heavy atom. The van der Waals surface area contributed by atoms with Crippen LogP contribution in [0.25, 0.3) is 10.9 Å². The fourth-order valence-electron chi connectivity index (χ4n) is 2.52. The van der Waals surface area contributed by atoms with Gasteiger partial charge in [-0.05, 0) is 31.4 Å². The summed E-state index contributed by atoms with van der Waals surface area (Å²) >= 11 is 0. The zero-order valence-corrected chi connectivity index (χ0v) is 10.2. The first kappa shape index (κ1) is 10.6. The molecule has 0 bridgehead atoms. The summed E-state index contributed by atoms with van der Waals surface area (Å²) in [6.45, 7) is 2.25. The molecule has 86 valence electrons. The van der Waals surface area contributed by atoms with E-state index >= 15 is 0 Å². The summed E-state index contributed by atoms with van der Waals surface area (Å²) in [5, 5.41) is 1.18. The fourth-order valence-corrected chi connectivity index (χ4v) is 2.52. The smallest absolute Gasteiger partial charge is 0.189 e. The Bertz CT molecular complexity index is 535. The zero-order valence-electron chi connectivity index (χ0n) is 10.2. The normalized spacial score (nSPS) is 16.4. The van der Waals surface area contributed by atoms with Gasteiger partial charge >= 0.3 is 0 Å². The second-order valence-corrected chi connectivity index (χ2v) is 4.66. The molecule has 1 aliphatic heterocycles. The quantitative estimate of drug-likeness (QED) is 0.674. The van der Waals surface area contributed by atoms with Crippen LogP contribution in [-0.2, 0) is 0 Å². The molecule has 1 aromatic heterocycles. The molecule has 1 saturated heterocycles. The zero-order chi connectivity index (χ0) is 11.7. The van der Waals surface area contributed by atoms with Gasteiger partial charge in [-0.3, -0.25) is 0 Å². The molecule has 0 unspecified atom stereocenters. The van der Waals surface area contributed by atoms with Crippen molar-refractivity contribution in [3.8, 4) is 0 Å². The average Bonchev–Trinajstić information content (AvgIpc) is 2.39. The fraction of sp³-hybridized carbons (Fsp3) is 0.385. The monoisotopic (exact) mass is 225 g/mol. The predicted octanol–water partition coefficient (Wildman–Crippen LogP) is 0.878. The maximum atomic E-state index is 4.64. The van der Waals surface area contributed by atoms with E-state index in [1.807, 2.05) is 13.9 Å². The summed E-state index contributed by atoms with van der Waals surface area (Å²) < 4.78 is 0. The molecule has 0 spiro atoms. The first-order chi connectivity index (χ1) is 8.34. The molecule has 0 aliphatic carbocycles. The van der Waals surface area contributed by atoms with Gasteiger partial charge in [0.1, 0.15) is 5.82 Å². The SMILES string of the molecule is Bc1nc(N2CCCCC2)c2ccccc2n1. The highest BCUT2D eigenvalue weighted by atomic mass is 15.2. The second-order valence-electron chi connectivity index (χ2n) is 4.66. The third-order valence-electron chi connectivity index (χ3n) is 3.35. The molecule has 2 heterocycles. The molecule has 1 aromatic carbocycles. The number of anilines is 1. The molecule has 1 fully saturated rings. The van der Waals surface area contributed by atoms with E-state index in [1.54, 1.807) is 0 Å². The van der Waals surface area contributed by atoms with Crippen LogP contribution in [0.15, 0.2) is 24.3 Å². The van der Waals surface area contributed by atoms with Crippen molar-refractivity contribution in [3.05, 3.63) is 24.3 Å². The maximum absolute atomic E-state index is 4.64. The minimum absolute atomic E-state index is 0.865. The van der Waals surface area contributed by atoms with Gasteiger partial charge in [-0.25, -0.2) is 9.97 Å². The lowest BCUT2D eigenvalue weighted by atomic mass is 10.1. The molecule has 17 heavy (non-hydrogen) atoms. The minimum atomic E-state index is 0.865. The van der Waals surface area contributed by atoms with Crippen LogP contribution in [0, 0.1) is 0 Å². The Labute approximate surface area is 102 Å². The number of rotatable bonds is 1. The summed E-state index contributed by atoms with van der Waals surface area (Å²) in [7, 11) is 1.97. The lowest BCUT2D eigenvalue weighted by molar-refractivity contribution is 0.575. The highest BCUT2D eigenvalue weighted by molar-refractivity contribution is 6.29. The number of aromatic nitrogens is 2. The van der Waals surface area contributed by atoms with Crippen molar-refractivity contribution in [1.29, 1.82) is 0 Å². The van der Waals surface area contributed by atoms with Gasteiger partial charge in [0.2, 0.25) is 0 Å². The van der Waals surface area contributed by atoms with E-state index in [0.29, 0.717) is 0 Å². The van der Waals surface area contributed by atoms with Crippen molar-refractivity contribution < 1.29 is 0 Å². The molecule has 0 saturated carbocycles. The maximum Gasteiger partial charge on any atom is 0.189 e. The minimum Gasteiger partial charge on any atom is -0.356 e. The van der Waals surface area contributed by atoms with Crippen LogP contribution in [0.3, 0.4) is 0 Å². The van der Waals surface area contributed by atoms with E-state index in [9.17, 15) is 0 Å². The van der Waals surface area contributed by atoms with E-state index in [-0.39, 0.29) is 0 Å². The molecular formula is C13H16BN3. The Balaban J connectivity index is 2.13. The van der Waals surface area contributed by atoms with Gasteiger partial charge in [0.05, 0.1) is 11.2 Å². The molecule has 3 nitrogen and oxygen atoms in total. The topological polar surface area (TPSA) is 29.0 Å². The number of hydrogen-bond donors (Lipinski definition) is 0. The Hall–Kier alpha value is -1.58. The Morgan fingerprint density at radius 3 is 2.59 bits per heavy atom. The lowest BCUT2D eigenvalue weighted by Gasteiger charge is -2.28. The average molecular weight is 225 g/mol. The van der Waals surface area contributed by atoms with Crippen LogP contribution in [-0.4, -0.2) is 30.9 Å². The van der Waals surface area contributed by atoms with Crippen LogP contribution >= 0.6 is 0 Å². The molecule has 0 atom stereocenters. The number of nitrogens with zero attached hydrogens (tertiary/aromatic N) is 3. The van der Waals surface area contributed by atoms with E-state index in [0.717, 1.165) is 30.1 Å². The highest BCUT2D eigenvalue weighted by Gasteiger charge is 2.15. The second kappa shape index (κ2) is 4.36. The van der Waals surface area contributed by atoms with Gasteiger partial charge in [0, 0.05) is 18.5 Å². The molecule has 0 N–H and O–H groups in total. The number of para-hydroxylation sites is 1. The molecule has 3 rings (SSSR count). The van der Waals surface area contributed by atoms with Crippen LogP contribution in [0.2, 0.25) is 0 Å². The molecule has 4 heteroatoms. The van der Waals surface area contributed by atoms with E-state index in [2.05, 4.69) is 33.1 Å². The van der Waals surface area contributed by atoms with E-state index in [1.165, 1.54) is 24.6 Å². The summed E-state index contributed by atoms with van der Waals surface area (Å²) in [6, 6.07) is 8.29. The highest BCUT2D eigenvalue weighted by Crippen LogP contribution is 2.24. The third-order valence-corrected chi connectivity index (χ3v) is 3.35.